The molecule has 0 aromatic heterocycles. The maximum absolute atomic E-state index is 5.24. The molecule has 6 heteroatoms. The van der Waals surface area contributed by atoms with Crippen molar-refractivity contribution in [3.8, 4) is 0 Å². The van der Waals surface area contributed by atoms with Crippen LogP contribution in [0.15, 0.2) is 36.5 Å². The van der Waals surface area contributed by atoms with E-state index in [-0.39, 0.29) is 33.6 Å². The fraction of sp³-hybridized carbons (Fsp3) is 0.474. The standard InChI is InChI=1S/C5H13OSi.2C5H5.C4H10Si.2ClH.Zr/c1-5-6-7(2,3)4;2*1-2-4-5-3-1;1-4-5(2)3;;;/h5H,1-4H3;2*1-3H,4H2;1,5H,4H2,2-3H3;2*1H;/q3*-1;;;;. The van der Waals surface area contributed by atoms with Crippen LogP contribution in [0.5, 0.6) is 0 Å². The summed E-state index contributed by atoms with van der Waals surface area (Å²) in [5, 5.41) is 0. The molecular weight excluding hydrogens is 463 g/mol. The van der Waals surface area contributed by atoms with Gasteiger partial charge in [-0.3, -0.25) is 12.2 Å². The van der Waals surface area contributed by atoms with Crippen LogP contribution >= 0.6 is 24.8 Å². The zero-order valence-corrected chi connectivity index (χ0v) is 22.8. The van der Waals surface area contributed by atoms with Gasteiger partial charge in [0.2, 0.25) is 0 Å². The largest absolute Gasteiger partial charge is 0.273 e. The molecule has 146 valence electrons. The van der Waals surface area contributed by atoms with E-state index in [1.165, 1.54) is 6.04 Å². The Kier molecular flexibility index (Phi) is 32.9. The monoisotopic (exact) mass is 495 g/mol. The summed E-state index contributed by atoms with van der Waals surface area (Å²) >= 11 is 1.59. The predicted octanol–water partition coefficient (Wildman–Crippen LogP) is 6.30. The van der Waals surface area contributed by atoms with E-state index in [4.69, 9.17) is 4.43 Å². The summed E-state index contributed by atoms with van der Waals surface area (Å²) < 4.78 is 7.59. The summed E-state index contributed by atoms with van der Waals surface area (Å²) in [6.07, 6.45) is 20.0. The molecule has 0 heterocycles. The third-order valence-electron chi connectivity index (χ3n) is 2.23. The summed E-state index contributed by atoms with van der Waals surface area (Å²) in [6, 6.07) is 1.43. The summed E-state index contributed by atoms with van der Waals surface area (Å²) in [7, 11) is -1.42. The average Bonchev–Trinajstić information content (AvgIpc) is 3.17. The number of halogens is 2. The molecule has 0 spiro atoms. The molecule has 0 N–H and O–H groups in total. The Morgan fingerprint density at radius 2 is 1.52 bits per heavy atom. The Labute approximate surface area is 187 Å². The summed E-state index contributed by atoms with van der Waals surface area (Å²) in [4.78, 5) is 0. The predicted molar refractivity (Wildman–Crippen MR) is 122 cm³/mol. The maximum Gasteiger partial charge on any atom is -0.109 e. The van der Waals surface area contributed by atoms with Gasteiger partial charge in [-0.15, -0.1) is 37.7 Å². The van der Waals surface area contributed by atoms with E-state index in [0.717, 1.165) is 12.8 Å². The van der Waals surface area contributed by atoms with E-state index >= 15 is 0 Å². The van der Waals surface area contributed by atoms with Crippen molar-refractivity contribution in [2.75, 3.05) is 0 Å². The molecule has 0 radical (unpaired) electrons. The first-order valence-corrected chi connectivity index (χ1v) is 16.2. The molecule has 0 aromatic rings. The van der Waals surface area contributed by atoms with E-state index < -0.39 is 8.32 Å². The van der Waals surface area contributed by atoms with E-state index in [9.17, 15) is 0 Å². The SMILES string of the molecule is C[CH-]O[Si](C)(C)C.C[SiH](C)C[CH]=[Zr].Cl.Cl.[C-]1=CC=CC1.[C-]1=CC=CC1. The van der Waals surface area contributed by atoms with Crippen molar-refractivity contribution >= 4 is 45.6 Å². The molecule has 2 aliphatic carbocycles. The van der Waals surface area contributed by atoms with E-state index in [0.29, 0.717) is 0 Å². The minimum absolute atomic E-state index is 0. The van der Waals surface area contributed by atoms with Crippen LogP contribution in [0.3, 0.4) is 0 Å². The zero-order valence-electron chi connectivity index (χ0n) is 16.5. The first kappa shape index (κ1) is 33.3. The van der Waals surface area contributed by atoms with Crippen LogP contribution in [0.2, 0.25) is 38.8 Å². The number of rotatable bonds is 4. The van der Waals surface area contributed by atoms with Crippen molar-refractivity contribution in [1.82, 2.24) is 0 Å². The zero-order chi connectivity index (χ0) is 18.0. The number of hydrogen-bond acceptors (Lipinski definition) is 1. The second kappa shape index (κ2) is 24.7. The molecule has 0 amide bonds. The van der Waals surface area contributed by atoms with Gasteiger partial charge in [-0.25, -0.2) is 30.9 Å². The van der Waals surface area contributed by atoms with Crippen LogP contribution in [0, 0.1) is 18.8 Å². The number of hydrogen-bond donors (Lipinski definition) is 0. The van der Waals surface area contributed by atoms with Gasteiger partial charge in [0.15, 0.2) is 0 Å². The van der Waals surface area contributed by atoms with Crippen molar-refractivity contribution < 1.29 is 28.7 Å². The molecule has 2 rings (SSSR count). The molecule has 0 atom stereocenters. The number of allylic oxidation sites excluding steroid dienone is 8. The second-order valence-corrected chi connectivity index (χ2v) is 15.0. The van der Waals surface area contributed by atoms with Gasteiger partial charge in [0.1, 0.15) is 8.32 Å². The van der Waals surface area contributed by atoms with Crippen molar-refractivity contribution in [3.05, 3.63) is 55.2 Å². The molecule has 0 aliphatic heterocycles. The first-order valence-electron chi connectivity index (χ1n) is 8.21. The van der Waals surface area contributed by atoms with E-state index in [1.807, 2.05) is 31.2 Å². The average molecular weight is 498 g/mol. The van der Waals surface area contributed by atoms with Gasteiger partial charge >= 0.3 is 55.9 Å². The normalized spacial score (nSPS) is 12.6. The van der Waals surface area contributed by atoms with Crippen LogP contribution < -0.4 is 0 Å². The molecule has 0 bridgehead atoms. The third kappa shape index (κ3) is 40.6. The van der Waals surface area contributed by atoms with Crippen LogP contribution in [-0.4, -0.2) is 20.8 Å². The van der Waals surface area contributed by atoms with Gasteiger partial charge in [-0.2, -0.15) is 19.1 Å². The molecular formula is C19H35Cl2OSi2Zr-3. The maximum atomic E-state index is 5.24. The van der Waals surface area contributed by atoms with Crippen LogP contribution in [0.4, 0.5) is 0 Å². The fourth-order valence-corrected chi connectivity index (χ4v) is 5.92. The topological polar surface area (TPSA) is 9.23 Å². The Hall–Kier alpha value is 0.687. The van der Waals surface area contributed by atoms with Gasteiger partial charge in [-0.1, -0.05) is 0 Å². The molecule has 0 unspecified atom stereocenters. The van der Waals surface area contributed by atoms with Crippen LogP contribution in [0.25, 0.3) is 0 Å². The molecule has 1 nitrogen and oxygen atoms in total. The molecule has 0 saturated heterocycles. The smallest absolute Gasteiger partial charge is 0.109 e. The first-order chi connectivity index (χ1) is 10.8. The Bertz CT molecular complexity index is 345. The Morgan fingerprint density at radius 3 is 1.56 bits per heavy atom. The van der Waals surface area contributed by atoms with E-state index in [2.05, 4.69) is 60.7 Å². The van der Waals surface area contributed by atoms with Gasteiger partial charge in [0, 0.05) is 0 Å². The van der Waals surface area contributed by atoms with Crippen molar-refractivity contribution in [3.63, 3.8) is 0 Å². The summed E-state index contributed by atoms with van der Waals surface area (Å²) in [6.45, 7) is 14.9. The van der Waals surface area contributed by atoms with Crippen molar-refractivity contribution in [2.45, 2.75) is 58.5 Å². The van der Waals surface area contributed by atoms with Crippen molar-refractivity contribution in [2.24, 2.45) is 0 Å². The van der Waals surface area contributed by atoms with Gasteiger partial charge in [-0.05, 0) is 19.6 Å². The summed E-state index contributed by atoms with van der Waals surface area (Å²) in [5.74, 6) is 0. The summed E-state index contributed by atoms with van der Waals surface area (Å²) in [5.41, 5.74) is 0. The second-order valence-electron chi connectivity index (χ2n) is 6.31. The van der Waals surface area contributed by atoms with Crippen molar-refractivity contribution in [1.29, 1.82) is 0 Å². The molecule has 2 aliphatic rings. The molecule has 25 heavy (non-hydrogen) atoms. The van der Waals surface area contributed by atoms with Crippen LogP contribution in [0.1, 0.15) is 19.8 Å². The Balaban J connectivity index is -0.000000115. The van der Waals surface area contributed by atoms with Gasteiger partial charge in [0.05, 0.1) is 0 Å². The third-order valence-corrected chi connectivity index (χ3v) is 6.09. The molecule has 0 saturated carbocycles. The van der Waals surface area contributed by atoms with Crippen LogP contribution in [-0.2, 0) is 28.7 Å². The minimum Gasteiger partial charge on any atom is -0.273 e. The van der Waals surface area contributed by atoms with Gasteiger partial charge in [0.25, 0.3) is 0 Å². The van der Waals surface area contributed by atoms with Gasteiger partial charge < -0.3 is 4.43 Å². The quantitative estimate of drug-likeness (QED) is 0.327. The molecule has 0 aromatic carbocycles. The Morgan fingerprint density at radius 1 is 1.08 bits per heavy atom. The molecule has 0 fully saturated rings. The van der Waals surface area contributed by atoms with E-state index in [1.54, 1.807) is 30.8 Å². The minimum atomic E-state index is -1.21. The fourth-order valence-electron chi connectivity index (χ4n) is 1.27.